The van der Waals surface area contributed by atoms with Crippen molar-refractivity contribution in [3.05, 3.63) is 63.4 Å². The fraction of sp³-hybridized carbons (Fsp3) is 0.250. The average Bonchev–Trinajstić information content (AvgIpc) is 2.52. The van der Waals surface area contributed by atoms with Crippen LogP contribution >= 0.6 is 23.2 Å². The molecular formula is C20H17Cl2FO3. The maximum absolute atomic E-state index is 13.4. The van der Waals surface area contributed by atoms with E-state index >= 15 is 0 Å². The minimum Gasteiger partial charge on any atom is -0.458 e. The van der Waals surface area contributed by atoms with Gasteiger partial charge in [0.05, 0.1) is 12.5 Å². The largest absolute Gasteiger partial charge is 0.458 e. The first-order chi connectivity index (χ1) is 12.3. The Morgan fingerprint density at radius 1 is 1.23 bits per heavy atom. The Hall–Kier alpha value is -1.88. The van der Waals surface area contributed by atoms with Gasteiger partial charge in [0.25, 0.3) is 0 Å². The van der Waals surface area contributed by atoms with Gasteiger partial charge < -0.3 is 9.84 Å². The highest BCUT2D eigenvalue weighted by atomic mass is 35.5. The standard InChI is InChI=1S/C20H17Cl2FO3/c1-11-6-13(23)2-4-16(11)18-7-12(21)8-19(22)17(18)5-3-15-9-14(24)10-20(25)26-15/h2-8,14-15,24H,9-10H2,1H3/b5-3+/t14-,15-/m1/s1. The highest BCUT2D eigenvalue weighted by Gasteiger charge is 2.25. The summed E-state index contributed by atoms with van der Waals surface area (Å²) in [4.78, 5) is 11.5. The van der Waals surface area contributed by atoms with Crippen LogP contribution < -0.4 is 0 Å². The molecule has 0 bridgehead atoms. The highest BCUT2D eigenvalue weighted by Crippen LogP contribution is 2.36. The number of esters is 1. The molecule has 2 aromatic rings. The molecule has 0 amide bonds. The molecule has 0 aliphatic carbocycles. The minimum atomic E-state index is -0.717. The van der Waals surface area contributed by atoms with Gasteiger partial charge in [0.1, 0.15) is 11.9 Å². The molecule has 6 heteroatoms. The molecule has 1 heterocycles. The Morgan fingerprint density at radius 3 is 2.69 bits per heavy atom. The summed E-state index contributed by atoms with van der Waals surface area (Å²) in [5.74, 6) is -0.755. The third-order valence-corrected chi connectivity index (χ3v) is 4.77. The molecule has 2 aromatic carbocycles. The molecule has 3 rings (SSSR count). The van der Waals surface area contributed by atoms with Crippen LogP contribution in [0.4, 0.5) is 4.39 Å². The van der Waals surface area contributed by atoms with E-state index in [1.54, 1.807) is 37.3 Å². The van der Waals surface area contributed by atoms with Gasteiger partial charge in [-0.1, -0.05) is 35.3 Å². The molecule has 1 aliphatic rings. The van der Waals surface area contributed by atoms with Crippen LogP contribution in [0.1, 0.15) is 24.0 Å². The van der Waals surface area contributed by atoms with Crippen molar-refractivity contribution in [3.8, 4) is 11.1 Å². The molecule has 0 saturated carbocycles. The second-order valence-corrected chi connectivity index (χ2v) is 7.13. The lowest BCUT2D eigenvalue weighted by Crippen LogP contribution is -2.31. The van der Waals surface area contributed by atoms with E-state index in [0.717, 1.165) is 16.7 Å². The second-order valence-electron chi connectivity index (χ2n) is 6.29. The molecule has 26 heavy (non-hydrogen) atoms. The summed E-state index contributed by atoms with van der Waals surface area (Å²) in [6.07, 6.45) is 2.53. The van der Waals surface area contributed by atoms with Crippen LogP contribution in [-0.4, -0.2) is 23.3 Å². The minimum absolute atomic E-state index is 0.00602. The molecule has 136 valence electrons. The van der Waals surface area contributed by atoms with Crippen molar-refractivity contribution in [2.45, 2.75) is 32.0 Å². The SMILES string of the molecule is Cc1cc(F)ccc1-c1cc(Cl)cc(Cl)c1/C=C/[C@@H]1C[C@@H](O)CC(=O)O1. The highest BCUT2D eigenvalue weighted by molar-refractivity contribution is 6.36. The van der Waals surface area contributed by atoms with E-state index < -0.39 is 18.2 Å². The van der Waals surface area contributed by atoms with Crippen molar-refractivity contribution in [2.24, 2.45) is 0 Å². The van der Waals surface area contributed by atoms with Crippen molar-refractivity contribution in [3.63, 3.8) is 0 Å². The van der Waals surface area contributed by atoms with Crippen molar-refractivity contribution >= 4 is 35.2 Å². The Balaban J connectivity index is 2.01. The smallest absolute Gasteiger partial charge is 0.309 e. The predicted octanol–water partition coefficient (Wildman–Crippen LogP) is 5.19. The zero-order valence-corrected chi connectivity index (χ0v) is 15.5. The fourth-order valence-electron chi connectivity index (χ4n) is 3.04. The number of cyclic esters (lactones) is 1. The number of hydrogen-bond donors (Lipinski definition) is 1. The van der Waals surface area contributed by atoms with Crippen molar-refractivity contribution in [1.82, 2.24) is 0 Å². The number of hydrogen-bond acceptors (Lipinski definition) is 3. The number of benzene rings is 2. The van der Waals surface area contributed by atoms with E-state index in [2.05, 4.69) is 0 Å². The summed E-state index contributed by atoms with van der Waals surface area (Å²) < 4.78 is 18.7. The zero-order chi connectivity index (χ0) is 18.8. The van der Waals surface area contributed by atoms with E-state index in [9.17, 15) is 14.3 Å². The van der Waals surface area contributed by atoms with Crippen LogP contribution in [-0.2, 0) is 9.53 Å². The van der Waals surface area contributed by atoms with E-state index in [1.165, 1.54) is 12.1 Å². The van der Waals surface area contributed by atoms with Crippen molar-refractivity contribution in [2.75, 3.05) is 0 Å². The Labute approximate surface area is 161 Å². The van der Waals surface area contributed by atoms with Crippen LogP contribution in [0, 0.1) is 12.7 Å². The average molecular weight is 395 g/mol. The molecule has 2 atom stereocenters. The van der Waals surface area contributed by atoms with Crippen LogP contribution in [0.5, 0.6) is 0 Å². The van der Waals surface area contributed by atoms with Gasteiger partial charge >= 0.3 is 5.97 Å². The summed E-state index contributed by atoms with van der Waals surface area (Å²) in [5.41, 5.74) is 2.98. The van der Waals surface area contributed by atoms with Crippen LogP contribution in [0.25, 0.3) is 17.2 Å². The normalized spacial score (nSPS) is 20.4. The number of ether oxygens (including phenoxy) is 1. The van der Waals surface area contributed by atoms with Gasteiger partial charge in [-0.05, 0) is 54.0 Å². The number of carbonyl (C=O) groups excluding carboxylic acids is 1. The summed E-state index contributed by atoms with van der Waals surface area (Å²) in [6.45, 7) is 1.81. The van der Waals surface area contributed by atoms with Crippen LogP contribution in [0.15, 0.2) is 36.4 Å². The number of rotatable bonds is 3. The van der Waals surface area contributed by atoms with Gasteiger partial charge in [-0.2, -0.15) is 0 Å². The lowest BCUT2D eigenvalue weighted by Gasteiger charge is -2.23. The van der Waals surface area contributed by atoms with Gasteiger partial charge in [0.2, 0.25) is 0 Å². The molecule has 1 N–H and O–H groups in total. The Morgan fingerprint density at radius 2 is 2.00 bits per heavy atom. The van der Waals surface area contributed by atoms with E-state index in [4.69, 9.17) is 27.9 Å². The maximum Gasteiger partial charge on any atom is 0.309 e. The van der Waals surface area contributed by atoms with Gasteiger partial charge in [-0.3, -0.25) is 4.79 Å². The van der Waals surface area contributed by atoms with Crippen LogP contribution in [0.3, 0.4) is 0 Å². The van der Waals surface area contributed by atoms with E-state index in [0.29, 0.717) is 22.0 Å². The maximum atomic E-state index is 13.4. The lowest BCUT2D eigenvalue weighted by molar-refractivity contribution is -0.156. The topological polar surface area (TPSA) is 46.5 Å². The molecule has 1 aliphatic heterocycles. The molecule has 1 fully saturated rings. The summed E-state index contributed by atoms with van der Waals surface area (Å²) in [5, 5.41) is 10.6. The molecule has 0 unspecified atom stereocenters. The molecular weight excluding hydrogens is 378 g/mol. The van der Waals surface area contributed by atoms with E-state index in [1.807, 2.05) is 0 Å². The molecule has 0 aromatic heterocycles. The van der Waals surface area contributed by atoms with E-state index in [-0.39, 0.29) is 12.2 Å². The number of aryl methyl sites for hydroxylation is 1. The van der Waals surface area contributed by atoms with Crippen molar-refractivity contribution < 1.29 is 19.0 Å². The molecule has 3 nitrogen and oxygen atoms in total. The summed E-state index contributed by atoms with van der Waals surface area (Å²) in [7, 11) is 0. The lowest BCUT2D eigenvalue weighted by atomic mass is 9.95. The Bertz CT molecular complexity index is 880. The van der Waals surface area contributed by atoms with Crippen LogP contribution in [0.2, 0.25) is 10.0 Å². The number of aliphatic hydroxyl groups is 1. The third kappa shape index (κ3) is 4.26. The number of halogens is 3. The monoisotopic (exact) mass is 394 g/mol. The van der Waals surface area contributed by atoms with Gasteiger partial charge in [-0.25, -0.2) is 4.39 Å². The van der Waals surface area contributed by atoms with Gasteiger partial charge in [0.15, 0.2) is 0 Å². The first kappa shape index (κ1) is 18.9. The Kier molecular flexibility index (Phi) is 5.66. The molecule has 0 radical (unpaired) electrons. The predicted molar refractivity (Wildman–Crippen MR) is 101 cm³/mol. The van der Waals surface area contributed by atoms with Gasteiger partial charge in [0, 0.05) is 22.0 Å². The zero-order valence-electron chi connectivity index (χ0n) is 14.0. The molecule has 0 spiro atoms. The number of carbonyl (C=O) groups is 1. The quantitative estimate of drug-likeness (QED) is 0.728. The first-order valence-corrected chi connectivity index (χ1v) is 8.90. The third-order valence-electron chi connectivity index (χ3n) is 4.24. The first-order valence-electron chi connectivity index (χ1n) is 8.15. The van der Waals surface area contributed by atoms with Gasteiger partial charge in [-0.15, -0.1) is 0 Å². The summed E-state index contributed by atoms with van der Waals surface area (Å²) in [6, 6.07) is 7.87. The number of aliphatic hydroxyl groups excluding tert-OH is 1. The summed E-state index contributed by atoms with van der Waals surface area (Å²) >= 11 is 12.5. The second kappa shape index (κ2) is 7.78. The fourth-order valence-corrected chi connectivity index (χ4v) is 3.59. The van der Waals surface area contributed by atoms with Crippen molar-refractivity contribution in [1.29, 1.82) is 0 Å². The molecule has 1 saturated heterocycles.